The van der Waals surface area contributed by atoms with Crippen molar-refractivity contribution in [3.8, 4) is 0 Å². The van der Waals surface area contributed by atoms with E-state index in [1.165, 1.54) is 0 Å². The summed E-state index contributed by atoms with van der Waals surface area (Å²) in [6, 6.07) is 0. The van der Waals surface area contributed by atoms with Crippen LogP contribution in [0.1, 0.15) is 93.9 Å². The Morgan fingerprint density at radius 2 is 1.48 bits per heavy atom. The molecule has 0 spiro atoms. The van der Waals surface area contributed by atoms with E-state index < -0.39 is 17.3 Å². The van der Waals surface area contributed by atoms with Crippen molar-refractivity contribution >= 4 is 11.9 Å². The van der Waals surface area contributed by atoms with Gasteiger partial charge in [-0.3, -0.25) is 9.59 Å². The van der Waals surface area contributed by atoms with E-state index in [9.17, 15) is 14.7 Å². The summed E-state index contributed by atoms with van der Waals surface area (Å²) < 4.78 is 5.80. The number of carbonyl (C=O) groups excluding carboxylic acids is 1. The molecule has 27 heavy (non-hydrogen) atoms. The van der Waals surface area contributed by atoms with E-state index in [-0.39, 0.29) is 28.6 Å². The molecule has 0 heterocycles. The molecule has 0 amide bonds. The van der Waals surface area contributed by atoms with Crippen molar-refractivity contribution in [3.05, 3.63) is 0 Å². The summed E-state index contributed by atoms with van der Waals surface area (Å²) in [6.07, 6.45) is 5.56. The van der Waals surface area contributed by atoms with Crippen LogP contribution in [0, 0.1) is 34.0 Å². The predicted molar refractivity (Wildman–Crippen MR) is 109 cm³/mol. The van der Waals surface area contributed by atoms with Crippen molar-refractivity contribution in [3.63, 3.8) is 0 Å². The average molecular weight is 383 g/mol. The Hall–Kier alpha value is -1.06. The monoisotopic (exact) mass is 382 g/mol. The van der Waals surface area contributed by atoms with Gasteiger partial charge in [0.15, 0.2) is 0 Å². The van der Waals surface area contributed by atoms with Crippen LogP contribution in [-0.4, -0.2) is 23.7 Å². The largest absolute Gasteiger partial charge is 0.481 e. The van der Waals surface area contributed by atoms with Gasteiger partial charge in [-0.15, -0.1) is 0 Å². The second-order valence-electron chi connectivity index (χ2n) is 11.3. The molecule has 0 aromatic rings. The van der Waals surface area contributed by atoms with Gasteiger partial charge >= 0.3 is 11.9 Å². The molecule has 1 N–H and O–H groups in total. The average Bonchev–Trinajstić information content (AvgIpc) is 2.50. The highest BCUT2D eigenvalue weighted by Crippen LogP contribution is 2.51. The number of carbonyl (C=O) groups is 2. The van der Waals surface area contributed by atoms with Crippen LogP contribution >= 0.6 is 0 Å². The van der Waals surface area contributed by atoms with Gasteiger partial charge < -0.3 is 9.84 Å². The minimum absolute atomic E-state index is 0.0446. The van der Waals surface area contributed by atoms with Crippen molar-refractivity contribution < 1.29 is 19.4 Å². The lowest BCUT2D eigenvalue weighted by atomic mass is 9.56. The molecule has 1 rings (SSSR count). The SMILES string of the molecule is CC(C)C(CC(C)(C)C)(C(=O)OCC(C)(C)C)C(C(=O)O)C1CCCCC1. The van der Waals surface area contributed by atoms with Gasteiger partial charge in [0.1, 0.15) is 0 Å². The van der Waals surface area contributed by atoms with Gasteiger partial charge in [-0.2, -0.15) is 0 Å². The van der Waals surface area contributed by atoms with Crippen molar-refractivity contribution in [2.24, 2.45) is 34.0 Å². The smallest absolute Gasteiger partial charge is 0.313 e. The lowest BCUT2D eigenvalue weighted by Crippen LogP contribution is -2.53. The highest BCUT2D eigenvalue weighted by molar-refractivity contribution is 5.85. The van der Waals surface area contributed by atoms with Crippen molar-refractivity contribution in [1.29, 1.82) is 0 Å². The van der Waals surface area contributed by atoms with Gasteiger partial charge in [-0.25, -0.2) is 0 Å². The third kappa shape index (κ3) is 6.50. The number of aliphatic carboxylic acids is 1. The zero-order chi connectivity index (χ0) is 21.0. The first kappa shape index (κ1) is 24.0. The van der Waals surface area contributed by atoms with Crippen LogP contribution in [0.5, 0.6) is 0 Å². The molecule has 0 bridgehead atoms. The molecular weight excluding hydrogens is 340 g/mol. The number of hydrogen-bond acceptors (Lipinski definition) is 3. The van der Waals surface area contributed by atoms with Gasteiger partial charge in [0.05, 0.1) is 17.9 Å². The van der Waals surface area contributed by atoms with Gasteiger partial charge in [-0.1, -0.05) is 74.7 Å². The Kier molecular flexibility index (Phi) is 7.96. The van der Waals surface area contributed by atoms with Crippen molar-refractivity contribution in [2.45, 2.75) is 93.9 Å². The van der Waals surface area contributed by atoms with E-state index in [4.69, 9.17) is 4.74 Å². The normalized spacial score (nSPS) is 20.2. The van der Waals surface area contributed by atoms with Crippen LogP contribution in [0.15, 0.2) is 0 Å². The molecule has 2 atom stereocenters. The van der Waals surface area contributed by atoms with Crippen LogP contribution in [0.25, 0.3) is 0 Å². The predicted octanol–water partition coefficient (Wildman–Crippen LogP) is 5.94. The van der Waals surface area contributed by atoms with Crippen LogP contribution < -0.4 is 0 Å². The zero-order valence-corrected chi connectivity index (χ0v) is 18.9. The summed E-state index contributed by atoms with van der Waals surface area (Å²) in [5.41, 5.74) is -1.32. The molecule has 4 heteroatoms. The third-order valence-electron chi connectivity index (χ3n) is 5.81. The van der Waals surface area contributed by atoms with Crippen molar-refractivity contribution in [1.82, 2.24) is 0 Å². The lowest BCUT2D eigenvalue weighted by Gasteiger charge is -2.47. The van der Waals surface area contributed by atoms with E-state index in [0.29, 0.717) is 13.0 Å². The van der Waals surface area contributed by atoms with Gasteiger partial charge in [0.25, 0.3) is 0 Å². The summed E-state index contributed by atoms with van der Waals surface area (Å²) in [4.78, 5) is 26.1. The van der Waals surface area contributed by atoms with E-state index in [1.54, 1.807) is 0 Å². The maximum Gasteiger partial charge on any atom is 0.313 e. The quantitative estimate of drug-likeness (QED) is 0.554. The number of carboxylic acid groups (broad SMARTS) is 1. The third-order valence-corrected chi connectivity index (χ3v) is 5.81. The topological polar surface area (TPSA) is 63.6 Å². The molecule has 0 aliphatic heterocycles. The highest BCUT2D eigenvalue weighted by Gasteiger charge is 2.56. The van der Waals surface area contributed by atoms with Crippen LogP contribution in [0.3, 0.4) is 0 Å². The molecular formula is C23H42O4. The second-order valence-corrected chi connectivity index (χ2v) is 11.3. The fourth-order valence-corrected chi connectivity index (χ4v) is 4.71. The Labute approximate surface area is 166 Å². The summed E-state index contributed by atoms with van der Waals surface area (Å²) in [5, 5.41) is 10.3. The molecule has 1 aliphatic carbocycles. The Balaban J connectivity index is 3.42. The molecule has 0 saturated heterocycles. The number of hydrogen-bond donors (Lipinski definition) is 1. The lowest BCUT2D eigenvalue weighted by molar-refractivity contribution is -0.181. The minimum Gasteiger partial charge on any atom is -0.481 e. The fourth-order valence-electron chi connectivity index (χ4n) is 4.71. The standard InChI is InChI=1S/C23H42O4/c1-16(2)23(14-21(3,4)5,20(26)27-15-22(6,7)8)18(19(24)25)17-12-10-9-11-13-17/h16-18H,9-15H2,1-8H3,(H,24,25). The molecule has 1 fully saturated rings. The molecule has 0 aromatic heterocycles. The first-order valence-electron chi connectivity index (χ1n) is 10.6. The molecule has 0 radical (unpaired) electrons. The molecule has 158 valence electrons. The zero-order valence-electron chi connectivity index (χ0n) is 18.9. The van der Waals surface area contributed by atoms with E-state index in [2.05, 4.69) is 20.8 Å². The van der Waals surface area contributed by atoms with Crippen LogP contribution in [0.4, 0.5) is 0 Å². The van der Waals surface area contributed by atoms with Gasteiger partial charge in [0.2, 0.25) is 0 Å². The second kappa shape index (κ2) is 8.96. The minimum atomic E-state index is -1.00. The molecule has 4 nitrogen and oxygen atoms in total. The van der Waals surface area contributed by atoms with E-state index in [0.717, 1.165) is 32.1 Å². The molecule has 1 saturated carbocycles. The molecule has 1 aliphatic rings. The summed E-state index contributed by atoms with van der Waals surface area (Å²) >= 11 is 0. The Bertz CT molecular complexity index is 503. The van der Waals surface area contributed by atoms with Crippen molar-refractivity contribution in [2.75, 3.05) is 6.61 Å². The summed E-state index contributed by atoms with van der Waals surface area (Å²) in [5.74, 6) is -1.91. The first-order chi connectivity index (χ1) is 12.2. The van der Waals surface area contributed by atoms with E-state index >= 15 is 0 Å². The first-order valence-corrected chi connectivity index (χ1v) is 10.6. The molecule has 2 unspecified atom stereocenters. The maximum atomic E-state index is 13.5. The summed E-state index contributed by atoms with van der Waals surface area (Å²) in [7, 11) is 0. The maximum absolute atomic E-state index is 13.5. The summed E-state index contributed by atoms with van der Waals surface area (Å²) in [6.45, 7) is 16.6. The van der Waals surface area contributed by atoms with Crippen LogP contribution in [0.2, 0.25) is 0 Å². The Morgan fingerprint density at radius 3 is 1.85 bits per heavy atom. The van der Waals surface area contributed by atoms with Crippen LogP contribution in [-0.2, 0) is 14.3 Å². The Morgan fingerprint density at radius 1 is 0.963 bits per heavy atom. The number of carboxylic acids is 1. The molecule has 0 aromatic carbocycles. The van der Waals surface area contributed by atoms with E-state index in [1.807, 2.05) is 34.6 Å². The number of rotatable bonds is 7. The number of esters is 1. The highest BCUT2D eigenvalue weighted by atomic mass is 16.5. The number of ether oxygens (including phenoxy) is 1. The van der Waals surface area contributed by atoms with Gasteiger partial charge in [0, 0.05) is 0 Å². The van der Waals surface area contributed by atoms with Gasteiger partial charge in [-0.05, 0) is 41.9 Å². The fraction of sp³-hybridized carbons (Fsp3) is 0.913.